The van der Waals surface area contributed by atoms with Gasteiger partial charge in [-0.05, 0) is 37.3 Å². The summed E-state index contributed by atoms with van der Waals surface area (Å²) in [6.07, 6.45) is 6.46. The van der Waals surface area contributed by atoms with E-state index in [-0.39, 0.29) is 5.41 Å². The van der Waals surface area contributed by atoms with Gasteiger partial charge in [0.15, 0.2) is 0 Å². The third-order valence-corrected chi connectivity index (χ3v) is 5.73. The Morgan fingerprint density at radius 2 is 1.95 bits per heavy atom. The molecular weight excluding hydrogens is 328 g/mol. The Hall–Kier alpha value is -0.870. The van der Waals surface area contributed by atoms with Gasteiger partial charge in [0, 0.05) is 23.6 Å². The minimum absolute atomic E-state index is 0.288. The summed E-state index contributed by atoms with van der Waals surface area (Å²) in [5.74, 6) is 0.292. The molecule has 0 saturated heterocycles. The van der Waals surface area contributed by atoms with Crippen LogP contribution in [-0.4, -0.2) is 23.4 Å². The summed E-state index contributed by atoms with van der Waals surface area (Å²) in [6.45, 7) is 1.19. The van der Waals surface area contributed by atoms with Crippen LogP contribution in [0.5, 0.6) is 0 Å². The molecule has 21 heavy (non-hydrogen) atoms. The highest BCUT2D eigenvalue weighted by atomic mass is 79.9. The monoisotopic (exact) mass is 350 g/mol. The fraction of sp³-hybridized carbons (Fsp3) is 0.588. The Kier molecular flexibility index (Phi) is 4.36. The molecule has 0 aliphatic heterocycles. The Balaban J connectivity index is 1.81. The molecule has 4 heteroatoms. The van der Waals surface area contributed by atoms with Crippen LogP contribution < -0.4 is 5.73 Å². The zero-order chi connectivity index (χ0) is 14.9. The first kappa shape index (κ1) is 15.0. The molecule has 2 aliphatic rings. The topological polar surface area (TPSA) is 46.3 Å². The smallest absolute Gasteiger partial charge is 0.230 e. The van der Waals surface area contributed by atoms with Gasteiger partial charge < -0.3 is 10.6 Å². The zero-order valence-corrected chi connectivity index (χ0v) is 13.9. The predicted octanol–water partition coefficient (Wildman–Crippen LogP) is 3.46. The van der Waals surface area contributed by atoms with Gasteiger partial charge in [-0.15, -0.1) is 0 Å². The van der Waals surface area contributed by atoms with E-state index in [1.807, 2.05) is 18.2 Å². The molecule has 1 aromatic rings. The highest BCUT2D eigenvalue weighted by Gasteiger charge is 2.45. The molecule has 0 heterocycles. The molecule has 3 nitrogen and oxygen atoms in total. The molecular formula is C17H23BrN2O. The van der Waals surface area contributed by atoms with E-state index in [1.165, 1.54) is 5.56 Å². The number of carbonyl (C=O) groups is 1. The van der Waals surface area contributed by atoms with Gasteiger partial charge in [0.05, 0.1) is 5.41 Å². The second kappa shape index (κ2) is 6.09. The third kappa shape index (κ3) is 3.02. The van der Waals surface area contributed by atoms with Crippen LogP contribution in [0.15, 0.2) is 28.7 Å². The number of hydrogen-bond acceptors (Lipinski definition) is 2. The SMILES string of the molecule is NCC1(C(=O)N(Cc2ccccc2Br)C2CC2)CCCC1. The number of rotatable bonds is 5. The average Bonchev–Trinajstić information content (AvgIpc) is 3.22. The maximum absolute atomic E-state index is 13.1. The third-order valence-electron chi connectivity index (χ3n) is 4.95. The first-order valence-electron chi connectivity index (χ1n) is 7.91. The molecule has 2 N–H and O–H groups in total. The van der Waals surface area contributed by atoms with Crippen molar-refractivity contribution in [3.05, 3.63) is 34.3 Å². The summed E-state index contributed by atoms with van der Waals surface area (Å²) >= 11 is 3.59. The molecule has 0 spiro atoms. The Bertz CT molecular complexity index is 521. The summed E-state index contributed by atoms with van der Waals surface area (Å²) in [5.41, 5.74) is 6.89. The zero-order valence-electron chi connectivity index (χ0n) is 12.4. The van der Waals surface area contributed by atoms with Crippen molar-refractivity contribution in [2.45, 2.75) is 51.1 Å². The molecule has 0 unspecified atom stereocenters. The minimum atomic E-state index is -0.288. The molecule has 0 aromatic heterocycles. The van der Waals surface area contributed by atoms with Crippen molar-refractivity contribution in [2.24, 2.45) is 11.1 Å². The molecule has 3 rings (SSSR count). The van der Waals surface area contributed by atoms with Gasteiger partial charge in [-0.2, -0.15) is 0 Å². The summed E-state index contributed by atoms with van der Waals surface area (Å²) in [5, 5.41) is 0. The van der Waals surface area contributed by atoms with E-state index in [1.54, 1.807) is 0 Å². The van der Waals surface area contributed by atoms with Crippen LogP contribution in [0, 0.1) is 5.41 Å². The Morgan fingerprint density at radius 3 is 2.52 bits per heavy atom. The highest BCUT2D eigenvalue weighted by Crippen LogP contribution is 2.42. The van der Waals surface area contributed by atoms with Crippen LogP contribution in [0.1, 0.15) is 44.1 Å². The minimum Gasteiger partial charge on any atom is -0.335 e. The predicted molar refractivity (Wildman–Crippen MR) is 87.7 cm³/mol. The molecule has 114 valence electrons. The van der Waals surface area contributed by atoms with Gasteiger partial charge in [-0.1, -0.05) is 47.0 Å². The maximum atomic E-state index is 13.1. The highest BCUT2D eigenvalue weighted by molar-refractivity contribution is 9.10. The number of amides is 1. The van der Waals surface area contributed by atoms with Crippen molar-refractivity contribution in [3.8, 4) is 0 Å². The van der Waals surface area contributed by atoms with Gasteiger partial charge in [0.2, 0.25) is 5.91 Å². The second-order valence-electron chi connectivity index (χ2n) is 6.45. The van der Waals surface area contributed by atoms with Crippen LogP contribution in [-0.2, 0) is 11.3 Å². The summed E-state index contributed by atoms with van der Waals surface area (Å²) < 4.78 is 1.08. The lowest BCUT2D eigenvalue weighted by Crippen LogP contribution is -2.47. The van der Waals surface area contributed by atoms with Crippen LogP contribution in [0.3, 0.4) is 0 Å². The summed E-state index contributed by atoms with van der Waals surface area (Å²) in [7, 11) is 0. The standard InChI is InChI=1S/C17H23BrN2O/c18-15-6-2-1-5-13(15)11-20(14-7-8-14)16(21)17(12-19)9-3-4-10-17/h1-2,5-6,14H,3-4,7-12,19H2. The molecule has 1 aromatic carbocycles. The largest absolute Gasteiger partial charge is 0.335 e. The first-order chi connectivity index (χ1) is 10.2. The van der Waals surface area contributed by atoms with Crippen molar-refractivity contribution in [1.29, 1.82) is 0 Å². The molecule has 0 bridgehead atoms. The molecule has 0 atom stereocenters. The number of benzene rings is 1. The Morgan fingerprint density at radius 1 is 1.29 bits per heavy atom. The van der Waals surface area contributed by atoms with E-state index in [4.69, 9.17) is 5.73 Å². The van der Waals surface area contributed by atoms with E-state index in [0.717, 1.165) is 43.0 Å². The van der Waals surface area contributed by atoms with Crippen molar-refractivity contribution < 1.29 is 4.79 Å². The van der Waals surface area contributed by atoms with E-state index < -0.39 is 0 Å². The van der Waals surface area contributed by atoms with Crippen LogP contribution in [0.25, 0.3) is 0 Å². The average molecular weight is 351 g/mol. The van der Waals surface area contributed by atoms with Crippen molar-refractivity contribution >= 4 is 21.8 Å². The number of hydrogen-bond donors (Lipinski definition) is 1. The van der Waals surface area contributed by atoms with Crippen molar-refractivity contribution in [3.63, 3.8) is 0 Å². The number of halogens is 1. The van der Waals surface area contributed by atoms with Crippen LogP contribution in [0.4, 0.5) is 0 Å². The molecule has 0 radical (unpaired) electrons. The van der Waals surface area contributed by atoms with Gasteiger partial charge in [-0.3, -0.25) is 4.79 Å². The van der Waals surface area contributed by atoms with E-state index >= 15 is 0 Å². The van der Waals surface area contributed by atoms with Crippen molar-refractivity contribution in [1.82, 2.24) is 4.90 Å². The molecule has 1 amide bonds. The lowest BCUT2D eigenvalue weighted by Gasteiger charge is -2.34. The Labute approximate surface area is 135 Å². The summed E-state index contributed by atoms with van der Waals surface area (Å²) in [6, 6.07) is 8.60. The number of carbonyl (C=O) groups excluding carboxylic acids is 1. The molecule has 2 fully saturated rings. The van der Waals surface area contributed by atoms with Crippen molar-refractivity contribution in [2.75, 3.05) is 6.54 Å². The van der Waals surface area contributed by atoms with E-state index in [0.29, 0.717) is 25.0 Å². The fourth-order valence-corrected chi connectivity index (χ4v) is 3.83. The number of nitrogens with two attached hydrogens (primary N) is 1. The van der Waals surface area contributed by atoms with Gasteiger partial charge >= 0.3 is 0 Å². The van der Waals surface area contributed by atoms with Gasteiger partial charge in [0.25, 0.3) is 0 Å². The fourth-order valence-electron chi connectivity index (χ4n) is 3.42. The van der Waals surface area contributed by atoms with Crippen LogP contribution >= 0.6 is 15.9 Å². The molecule has 2 saturated carbocycles. The normalized spacial score (nSPS) is 20.5. The molecule has 2 aliphatic carbocycles. The van der Waals surface area contributed by atoms with Crippen LogP contribution in [0.2, 0.25) is 0 Å². The van der Waals surface area contributed by atoms with Gasteiger partial charge in [-0.25, -0.2) is 0 Å². The first-order valence-corrected chi connectivity index (χ1v) is 8.70. The maximum Gasteiger partial charge on any atom is 0.230 e. The van der Waals surface area contributed by atoms with E-state index in [9.17, 15) is 4.79 Å². The van der Waals surface area contributed by atoms with E-state index in [2.05, 4.69) is 26.9 Å². The lowest BCUT2D eigenvalue weighted by atomic mass is 9.84. The summed E-state index contributed by atoms with van der Waals surface area (Å²) in [4.78, 5) is 15.2. The quantitative estimate of drug-likeness (QED) is 0.883. The lowest BCUT2D eigenvalue weighted by molar-refractivity contribution is -0.142. The number of nitrogens with zero attached hydrogens (tertiary/aromatic N) is 1. The second-order valence-corrected chi connectivity index (χ2v) is 7.30. The van der Waals surface area contributed by atoms with Gasteiger partial charge in [0.1, 0.15) is 0 Å².